The van der Waals surface area contributed by atoms with E-state index in [4.69, 9.17) is 4.52 Å². The number of piperazine rings is 1. The average Bonchev–Trinajstić information content (AvgIpc) is 3.38. The molecule has 2 aliphatic heterocycles. The Morgan fingerprint density at radius 1 is 1.08 bits per heavy atom. The molecule has 1 aliphatic carbocycles. The Morgan fingerprint density at radius 3 is 2.64 bits per heavy atom. The van der Waals surface area contributed by atoms with E-state index in [1.807, 2.05) is 12.3 Å². The summed E-state index contributed by atoms with van der Waals surface area (Å²) in [6, 6.07) is 9.01. The maximum Gasteiger partial charge on any atom is 0.140 e. The predicted molar refractivity (Wildman–Crippen MR) is 95.6 cm³/mol. The van der Waals surface area contributed by atoms with Crippen molar-refractivity contribution < 1.29 is 4.52 Å². The van der Waals surface area contributed by atoms with Gasteiger partial charge in [-0.3, -0.25) is 9.80 Å². The summed E-state index contributed by atoms with van der Waals surface area (Å²) in [6.07, 6.45) is 4.42. The van der Waals surface area contributed by atoms with Gasteiger partial charge in [-0.1, -0.05) is 11.2 Å². The zero-order chi connectivity index (χ0) is 16.6. The molecule has 2 aromatic heterocycles. The monoisotopic (exact) mass is 339 g/mol. The van der Waals surface area contributed by atoms with Crippen LogP contribution in [-0.2, 0) is 6.54 Å². The van der Waals surface area contributed by atoms with Crippen LogP contribution in [0.15, 0.2) is 35.0 Å². The summed E-state index contributed by atoms with van der Waals surface area (Å²) in [4.78, 5) is 12.0. The second-order valence-corrected chi connectivity index (χ2v) is 7.55. The molecule has 0 radical (unpaired) electrons. The highest BCUT2D eigenvalue weighted by molar-refractivity contribution is 5.38. The first kappa shape index (κ1) is 15.3. The standard InChI is InChI=1S/C19H25N5O/c1-2-6-20-19(3-1)24-9-7-23(8-10-24)17-13-22(14-17)12-16-11-18(25-21-16)15-4-5-15/h1-3,6,11,15,17H,4-5,7-10,12-14H2. The van der Waals surface area contributed by atoms with Crippen LogP contribution in [0.5, 0.6) is 0 Å². The van der Waals surface area contributed by atoms with Crippen molar-refractivity contribution in [3.8, 4) is 0 Å². The van der Waals surface area contributed by atoms with Gasteiger partial charge in [0.2, 0.25) is 0 Å². The number of anilines is 1. The van der Waals surface area contributed by atoms with Gasteiger partial charge >= 0.3 is 0 Å². The fourth-order valence-corrected chi connectivity index (χ4v) is 3.95. The van der Waals surface area contributed by atoms with Crippen LogP contribution in [0.25, 0.3) is 0 Å². The molecule has 0 N–H and O–H groups in total. The van der Waals surface area contributed by atoms with Crippen LogP contribution in [0.2, 0.25) is 0 Å². The van der Waals surface area contributed by atoms with Crippen molar-refractivity contribution in [1.29, 1.82) is 0 Å². The van der Waals surface area contributed by atoms with Gasteiger partial charge in [0.1, 0.15) is 11.6 Å². The topological polar surface area (TPSA) is 48.6 Å². The number of nitrogens with zero attached hydrogens (tertiary/aromatic N) is 5. The maximum atomic E-state index is 5.46. The smallest absolute Gasteiger partial charge is 0.140 e. The second-order valence-electron chi connectivity index (χ2n) is 7.55. The van der Waals surface area contributed by atoms with Gasteiger partial charge in [0.25, 0.3) is 0 Å². The highest BCUT2D eigenvalue weighted by atomic mass is 16.5. The summed E-state index contributed by atoms with van der Waals surface area (Å²) in [7, 11) is 0. The molecule has 0 amide bonds. The Labute approximate surface area is 148 Å². The molecule has 3 aliphatic rings. The molecule has 0 atom stereocenters. The third kappa shape index (κ3) is 3.28. The van der Waals surface area contributed by atoms with Crippen LogP contribution in [0, 0.1) is 0 Å². The molecular weight excluding hydrogens is 314 g/mol. The molecule has 132 valence electrons. The first-order valence-corrected chi connectivity index (χ1v) is 9.43. The van der Waals surface area contributed by atoms with Crippen molar-refractivity contribution in [2.45, 2.75) is 31.3 Å². The van der Waals surface area contributed by atoms with E-state index in [1.54, 1.807) is 0 Å². The van der Waals surface area contributed by atoms with Crippen LogP contribution < -0.4 is 4.90 Å². The quantitative estimate of drug-likeness (QED) is 0.830. The SMILES string of the molecule is c1ccc(N2CCN(C3CN(Cc4cc(C5CC5)on4)C3)CC2)nc1. The molecule has 2 saturated heterocycles. The van der Waals surface area contributed by atoms with Gasteiger partial charge in [-0.2, -0.15) is 0 Å². The first-order chi connectivity index (χ1) is 12.3. The van der Waals surface area contributed by atoms with Crippen molar-refractivity contribution >= 4 is 5.82 Å². The number of rotatable bonds is 5. The third-order valence-electron chi connectivity index (χ3n) is 5.68. The number of pyridine rings is 1. The molecule has 0 bridgehead atoms. The molecule has 6 heteroatoms. The summed E-state index contributed by atoms with van der Waals surface area (Å²) < 4.78 is 5.46. The van der Waals surface area contributed by atoms with Crippen LogP contribution >= 0.6 is 0 Å². The van der Waals surface area contributed by atoms with E-state index >= 15 is 0 Å². The van der Waals surface area contributed by atoms with Gasteiger partial charge in [-0.25, -0.2) is 4.98 Å². The lowest BCUT2D eigenvalue weighted by Crippen LogP contribution is -2.62. The van der Waals surface area contributed by atoms with Gasteiger partial charge < -0.3 is 9.42 Å². The minimum absolute atomic E-state index is 0.654. The minimum Gasteiger partial charge on any atom is -0.361 e. The lowest BCUT2D eigenvalue weighted by molar-refractivity contribution is 0.0243. The fourth-order valence-electron chi connectivity index (χ4n) is 3.95. The van der Waals surface area contributed by atoms with Crippen molar-refractivity contribution in [3.05, 3.63) is 41.9 Å². The summed E-state index contributed by atoms with van der Waals surface area (Å²) in [5.41, 5.74) is 1.10. The zero-order valence-corrected chi connectivity index (χ0v) is 14.5. The average molecular weight is 339 g/mol. The van der Waals surface area contributed by atoms with Crippen LogP contribution in [0.3, 0.4) is 0 Å². The number of hydrogen-bond donors (Lipinski definition) is 0. The fraction of sp³-hybridized carbons (Fsp3) is 0.579. The lowest BCUT2D eigenvalue weighted by atomic mass is 10.1. The Bertz CT molecular complexity index is 700. The third-order valence-corrected chi connectivity index (χ3v) is 5.68. The van der Waals surface area contributed by atoms with Crippen molar-refractivity contribution in [2.75, 3.05) is 44.2 Å². The van der Waals surface area contributed by atoms with Crippen molar-refractivity contribution in [1.82, 2.24) is 19.9 Å². The molecule has 5 rings (SSSR count). The molecule has 0 spiro atoms. The van der Waals surface area contributed by atoms with E-state index in [-0.39, 0.29) is 0 Å². The minimum atomic E-state index is 0.654. The van der Waals surface area contributed by atoms with E-state index in [2.05, 4.69) is 43.0 Å². The Morgan fingerprint density at radius 2 is 1.92 bits per heavy atom. The summed E-state index contributed by atoms with van der Waals surface area (Å²) in [6.45, 7) is 7.63. The van der Waals surface area contributed by atoms with Crippen LogP contribution in [-0.4, -0.2) is 65.3 Å². The summed E-state index contributed by atoms with van der Waals surface area (Å²) in [5.74, 6) is 2.85. The van der Waals surface area contributed by atoms with Gasteiger partial charge in [-0.15, -0.1) is 0 Å². The van der Waals surface area contributed by atoms with E-state index < -0.39 is 0 Å². The molecule has 6 nitrogen and oxygen atoms in total. The zero-order valence-electron chi connectivity index (χ0n) is 14.5. The Kier molecular flexibility index (Phi) is 3.94. The van der Waals surface area contributed by atoms with Crippen LogP contribution in [0.1, 0.15) is 30.2 Å². The summed E-state index contributed by atoms with van der Waals surface area (Å²) in [5, 5.41) is 4.24. The molecular formula is C19H25N5O. The van der Waals surface area contributed by atoms with Gasteiger partial charge in [0.15, 0.2) is 0 Å². The predicted octanol–water partition coefficient (Wildman–Crippen LogP) is 1.95. The normalized spacial score (nSPS) is 23.0. The lowest BCUT2D eigenvalue weighted by Gasteiger charge is -2.48. The maximum absolute atomic E-state index is 5.46. The second kappa shape index (κ2) is 6.42. The van der Waals surface area contributed by atoms with E-state index in [9.17, 15) is 0 Å². The van der Waals surface area contributed by atoms with E-state index in [0.29, 0.717) is 12.0 Å². The Hall–Kier alpha value is -1.92. The van der Waals surface area contributed by atoms with E-state index in [0.717, 1.165) is 63.1 Å². The molecule has 2 aromatic rings. The first-order valence-electron chi connectivity index (χ1n) is 9.43. The largest absolute Gasteiger partial charge is 0.361 e. The molecule has 1 saturated carbocycles. The molecule has 25 heavy (non-hydrogen) atoms. The molecule has 0 unspecified atom stereocenters. The molecule has 4 heterocycles. The Balaban J connectivity index is 1.08. The summed E-state index contributed by atoms with van der Waals surface area (Å²) >= 11 is 0. The number of likely N-dealkylation sites (tertiary alicyclic amines) is 1. The molecule has 3 fully saturated rings. The van der Waals surface area contributed by atoms with Crippen LogP contribution in [0.4, 0.5) is 5.82 Å². The van der Waals surface area contributed by atoms with Gasteiger partial charge in [-0.05, 0) is 25.0 Å². The van der Waals surface area contributed by atoms with Crippen molar-refractivity contribution in [2.24, 2.45) is 0 Å². The number of hydrogen-bond acceptors (Lipinski definition) is 6. The molecule has 0 aromatic carbocycles. The van der Waals surface area contributed by atoms with E-state index in [1.165, 1.54) is 12.8 Å². The highest BCUT2D eigenvalue weighted by Crippen LogP contribution is 2.40. The van der Waals surface area contributed by atoms with Gasteiger partial charge in [0.05, 0.1) is 5.69 Å². The van der Waals surface area contributed by atoms with Gasteiger partial charge in [0, 0.05) is 70.0 Å². The van der Waals surface area contributed by atoms with Crippen molar-refractivity contribution in [3.63, 3.8) is 0 Å². The highest BCUT2D eigenvalue weighted by Gasteiger charge is 2.34. The number of aromatic nitrogens is 2.